The molecule has 0 saturated heterocycles. The van der Waals surface area contributed by atoms with Gasteiger partial charge in [0.1, 0.15) is 6.61 Å². The minimum Gasteiger partial charge on any atom is -0.457 e. The van der Waals surface area contributed by atoms with Gasteiger partial charge in [-0.2, -0.15) is 0 Å². The van der Waals surface area contributed by atoms with Gasteiger partial charge in [0.05, 0.1) is 29.0 Å². The van der Waals surface area contributed by atoms with Crippen molar-refractivity contribution in [3.63, 3.8) is 0 Å². The number of carbonyl (C=O) groups is 2. The zero-order valence-corrected chi connectivity index (χ0v) is 19.4. The van der Waals surface area contributed by atoms with Crippen molar-refractivity contribution >= 4 is 33.9 Å². The number of halogens is 1. The molecular weight excluding hydrogens is 444 g/mol. The zero-order chi connectivity index (χ0) is 23.5. The first-order valence-electron chi connectivity index (χ1n) is 11.1. The van der Waals surface area contributed by atoms with Crippen molar-refractivity contribution in [1.29, 1.82) is 0 Å². The molecule has 3 aromatic rings. The lowest BCUT2D eigenvalue weighted by Gasteiger charge is -2.34. The lowest BCUT2D eigenvalue weighted by molar-refractivity contribution is -0.171. The topological polar surface area (TPSA) is 87.5 Å². The standard InChI is InChI=1S/C25H23ClN2O5/c1-4-13-7-8-19-15(9-13)14(5-2)16-11-28-20(21(16)27-19)10-18-17(22(28)29)12-32-23(30)25(18,6-3)33-24(26)31/h7-10H,4-6,11-12H2,1-3H3. The Hall–Kier alpha value is -3.19. The van der Waals surface area contributed by atoms with Crippen LogP contribution in [0.5, 0.6) is 0 Å². The van der Waals surface area contributed by atoms with Crippen molar-refractivity contribution in [2.75, 3.05) is 0 Å². The molecule has 33 heavy (non-hydrogen) atoms. The third kappa shape index (κ3) is 3.02. The first kappa shape index (κ1) is 21.6. The van der Waals surface area contributed by atoms with Gasteiger partial charge in [-0.25, -0.2) is 14.6 Å². The third-order valence-electron chi connectivity index (χ3n) is 6.85. The second kappa shape index (κ2) is 7.70. The highest BCUT2D eigenvalue weighted by Gasteiger charge is 2.50. The quantitative estimate of drug-likeness (QED) is 0.323. The van der Waals surface area contributed by atoms with Crippen molar-refractivity contribution in [2.24, 2.45) is 0 Å². The molecule has 0 aliphatic carbocycles. The maximum Gasteiger partial charge on any atom is 0.405 e. The molecule has 0 spiro atoms. The van der Waals surface area contributed by atoms with E-state index in [-0.39, 0.29) is 18.6 Å². The number of fused-ring (bicyclic) bond motifs is 5. The molecule has 0 radical (unpaired) electrons. The molecule has 1 atom stereocenters. The van der Waals surface area contributed by atoms with E-state index < -0.39 is 17.0 Å². The number of carbonyl (C=O) groups excluding carboxylic acids is 2. The summed E-state index contributed by atoms with van der Waals surface area (Å²) in [7, 11) is 0. The molecule has 1 aromatic carbocycles. The lowest BCUT2D eigenvalue weighted by Crippen LogP contribution is -2.46. The highest BCUT2D eigenvalue weighted by Crippen LogP contribution is 2.42. The van der Waals surface area contributed by atoms with E-state index in [1.165, 1.54) is 5.56 Å². The number of aromatic nitrogens is 2. The summed E-state index contributed by atoms with van der Waals surface area (Å²) in [4.78, 5) is 42.9. The molecule has 0 saturated carbocycles. The van der Waals surface area contributed by atoms with Crippen LogP contribution in [0.2, 0.25) is 0 Å². The molecule has 0 amide bonds. The van der Waals surface area contributed by atoms with Crippen LogP contribution < -0.4 is 5.56 Å². The molecule has 8 heteroatoms. The van der Waals surface area contributed by atoms with Crippen LogP contribution in [0, 0.1) is 0 Å². The van der Waals surface area contributed by atoms with Crippen molar-refractivity contribution in [1.82, 2.24) is 9.55 Å². The van der Waals surface area contributed by atoms with Crippen LogP contribution in [-0.4, -0.2) is 20.9 Å². The van der Waals surface area contributed by atoms with E-state index in [2.05, 4.69) is 26.0 Å². The monoisotopic (exact) mass is 466 g/mol. The fraction of sp³-hybridized carbons (Fsp3) is 0.360. The molecule has 2 aromatic heterocycles. The number of nitrogens with zero attached hydrogens (tertiary/aromatic N) is 2. The zero-order valence-electron chi connectivity index (χ0n) is 18.7. The molecule has 4 heterocycles. The molecule has 1 unspecified atom stereocenters. The first-order valence-corrected chi connectivity index (χ1v) is 11.5. The van der Waals surface area contributed by atoms with Crippen LogP contribution in [0.1, 0.15) is 55.0 Å². The number of esters is 1. The molecule has 0 fully saturated rings. The number of hydrogen-bond donors (Lipinski definition) is 0. The van der Waals surface area contributed by atoms with Gasteiger partial charge in [-0.1, -0.05) is 26.8 Å². The average Bonchev–Trinajstić information content (AvgIpc) is 3.17. The fourth-order valence-electron chi connectivity index (χ4n) is 5.13. The van der Waals surface area contributed by atoms with E-state index in [1.807, 2.05) is 6.07 Å². The van der Waals surface area contributed by atoms with E-state index in [4.69, 9.17) is 26.1 Å². The highest BCUT2D eigenvalue weighted by atomic mass is 35.5. The predicted molar refractivity (Wildman–Crippen MR) is 123 cm³/mol. The molecule has 170 valence electrons. The van der Waals surface area contributed by atoms with Crippen molar-refractivity contribution in [3.8, 4) is 11.4 Å². The summed E-state index contributed by atoms with van der Waals surface area (Å²) in [5.74, 6) is -0.734. The van der Waals surface area contributed by atoms with Gasteiger partial charge in [0.15, 0.2) is 0 Å². The molecule has 0 bridgehead atoms. The minimum atomic E-state index is -1.76. The molecule has 2 aliphatic rings. The van der Waals surface area contributed by atoms with Gasteiger partial charge < -0.3 is 14.0 Å². The Kier molecular flexibility index (Phi) is 5.05. The van der Waals surface area contributed by atoms with Crippen LogP contribution in [0.3, 0.4) is 0 Å². The van der Waals surface area contributed by atoms with Crippen LogP contribution in [0.15, 0.2) is 29.1 Å². The summed E-state index contributed by atoms with van der Waals surface area (Å²) in [5, 5.41) is 1.10. The number of hydrogen-bond acceptors (Lipinski definition) is 6. The first-order chi connectivity index (χ1) is 15.8. The van der Waals surface area contributed by atoms with E-state index in [0.29, 0.717) is 29.1 Å². The number of pyridine rings is 2. The lowest BCUT2D eigenvalue weighted by atomic mass is 9.85. The molecule has 5 rings (SSSR count). The maximum absolute atomic E-state index is 13.5. The van der Waals surface area contributed by atoms with Gasteiger partial charge in [-0.05, 0) is 48.6 Å². The summed E-state index contributed by atoms with van der Waals surface area (Å²) in [6.07, 6.45) is 1.80. The van der Waals surface area contributed by atoms with E-state index in [9.17, 15) is 14.4 Å². The molecule has 0 N–H and O–H groups in total. The largest absolute Gasteiger partial charge is 0.457 e. The Balaban J connectivity index is 1.80. The Bertz CT molecular complexity index is 1410. The normalized spacial score (nSPS) is 18.5. The summed E-state index contributed by atoms with van der Waals surface area (Å²) in [6.45, 7) is 6.10. The summed E-state index contributed by atoms with van der Waals surface area (Å²) < 4.78 is 12.2. The van der Waals surface area contributed by atoms with Crippen LogP contribution in [0.25, 0.3) is 22.3 Å². The number of aryl methyl sites for hydroxylation is 2. The summed E-state index contributed by atoms with van der Waals surface area (Å²) in [5.41, 5.74) is 3.00. The molecule has 2 aliphatic heterocycles. The Morgan fingerprint density at radius 1 is 1.18 bits per heavy atom. The number of cyclic esters (lactones) is 1. The van der Waals surface area contributed by atoms with Crippen LogP contribution >= 0.6 is 11.6 Å². The van der Waals surface area contributed by atoms with Crippen molar-refractivity contribution in [2.45, 2.75) is 58.8 Å². The number of benzene rings is 1. The van der Waals surface area contributed by atoms with Gasteiger partial charge in [0.25, 0.3) is 5.56 Å². The van der Waals surface area contributed by atoms with Gasteiger partial charge in [0, 0.05) is 28.1 Å². The van der Waals surface area contributed by atoms with Gasteiger partial charge >= 0.3 is 11.4 Å². The number of ether oxygens (including phenoxy) is 2. The third-order valence-corrected chi connectivity index (χ3v) is 6.93. The minimum absolute atomic E-state index is 0.0815. The fourth-order valence-corrected chi connectivity index (χ4v) is 5.26. The van der Waals surface area contributed by atoms with Crippen LogP contribution in [0.4, 0.5) is 4.79 Å². The predicted octanol–water partition coefficient (Wildman–Crippen LogP) is 4.59. The smallest absolute Gasteiger partial charge is 0.405 e. The second-order valence-electron chi connectivity index (χ2n) is 8.39. The van der Waals surface area contributed by atoms with Crippen LogP contribution in [-0.2, 0) is 45.9 Å². The van der Waals surface area contributed by atoms with Gasteiger partial charge in [-0.3, -0.25) is 4.79 Å². The summed E-state index contributed by atoms with van der Waals surface area (Å²) in [6, 6.07) is 7.99. The Labute approximate surface area is 195 Å². The van der Waals surface area contributed by atoms with Gasteiger partial charge in [0.2, 0.25) is 5.60 Å². The average molecular weight is 467 g/mol. The Morgan fingerprint density at radius 3 is 2.64 bits per heavy atom. The molecular formula is C25H23ClN2O5. The molecule has 7 nitrogen and oxygen atoms in total. The SMILES string of the molecule is CCc1ccc2nc3c(c(CC)c2c1)Cn1c-3cc2c(c1=O)COC(=O)C2(CC)OC(=O)Cl. The van der Waals surface area contributed by atoms with Crippen molar-refractivity contribution < 1.29 is 19.1 Å². The van der Waals surface area contributed by atoms with E-state index in [1.54, 1.807) is 17.6 Å². The van der Waals surface area contributed by atoms with Gasteiger partial charge in [-0.15, -0.1) is 0 Å². The second-order valence-corrected chi connectivity index (χ2v) is 8.69. The Morgan fingerprint density at radius 2 is 1.97 bits per heavy atom. The number of rotatable bonds is 4. The van der Waals surface area contributed by atoms with E-state index >= 15 is 0 Å². The summed E-state index contributed by atoms with van der Waals surface area (Å²) >= 11 is 5.51. The maximum atomic E-state index is 13.5. The highest BCUT2D eigenvalue weighted by molar-refractivity contribution is 6.61. The van der Waals surface area contributed by atoms with Crippen molar-refractivity contribution in [3.05, 3.63) is 62.4 Å². The van der Waals surface area contributed by atoms with E-state index in [0.717, 1.165) is 34.9 Å².